The Morgan fingerprint density at radius 2 is 2.28 bits per heavy atom. The zero-order chi connectivity index (χ0) is 13.1. The molecule has 0 spiro atoms. The number of hydrogen-bond donors (Lipinski definition) is 2. The average Bonchev–Trinajstić information content (AvgIpc) is 2.32. The van der Waals surface area contributed by atoms with Crippen molar-refractivity contribution < 1.29 is 14.0 Å². The zero-order valence-corrected chi connectivity index (χ0v) is 9.94. The molecule has 0 aliphatic carbocycles. The molecule has 6 heteroatoms. The van der Waals surface area contributed by atoms with Gasteiger partial charge in [-0.15, -0.1) is 0 Å². The van der Waals surface area contributed by atoms with Crippen molar-refractivity contribution in [1.82, 2.24) is 15.6 Å². The predicted octanol–water partition coefficient (Wildman–Crippen LogP) is 0.676. The minimum atomic E-state index is -0.430. The van der Waals surface area contributed by atoms with E-state index in [4.69, 9.17) is 0 Å². The molecular weight excluding hydrogens is 237 g/mol. The summed E-state index contributed by atoms with van der Waals surface area (Å²) in [6.45, 7) is 1.82. The first-order valence-corrected chi connectivity index (χ1v) is 5.76. The first-order chi connectivity index (χ1) is 8.56. The molecule has 1 aliphatic rings. The first-order valence-electron chi connectivity index (χ1n) is 5.76. The van der Waals surface area contributed by atoms with Crippen molar-refractivity contribution in [3.05, 3.63) is 29.8 Å². The lowest BCUT2D eigenvalue weighted by atomic mass is 10.0. The van der Waals surface area contributed by atoms with Crippen LogP contribution in [0, 0.1) is 5.82 Å². The SMILES string of the molecule is CC(NC1CCC(=O)NC1=O)c1cncc(F)c1. The second-order valence-electron chi connectivity index (χ2n) is 4.33. The molecule has 5 nitrogen and oxygen atoms in total. The molecule has 1 fully saturated rings. The number of halogens is 1. The van der Waals surface area contributed by atoms with Gasteiger partial charge in [0, 0.05) is 18.7 Å². The molecule has 0 radical (unpaired) electrons. The van der Waals surface area contributed by atoms with Crippen molar-refractivity contribution in [1.29, 1.82) is 0 Å². The second kappa shape index (κ2) is 5.22. The van der Waals surface area contributed by atoms with Crippen LogP contribution in [0.5, 0.6) is 0 Å². The van der Waals surface area contributed by atoms with Gasteiger partial charge in [0.1, 0.15) is 5.82 Å². The van der Waals surface area contributed by atoms with Crippen LogP contribution >= 0.6 is 0 Å². The van der Waals surface area contributed by atoms with Crippen LogP contribution in [0.1, 0.15) is 31.4 Å². The van der Waals surface area contributed by atoms with Gasteiger partial charge in [-0.05, 0) is 25.0 Å². The van der Waals surface area contributed by atoms with E-state index in [1.165, 1.54) is 6.07 Å². The van der Waals surface area contributed by atoms with E-state index < -0.39 is 11.9 Å². The highest BCUT2D eigenvalue weighted by Crippen LogP contribution is 2.15. The number of imide groups is 1. The number of carbonyl (C=O) groups excluding carboxylic acids is 2. The van der Waals surface area contributed by atoms with Gasteiger partial charge in [0.15, 0.2) is 0 Å². The fourth-order valence-electron chi connectivity index (χ4n) is 1.92. The van der Waals surface area contributed by atoms with Gasteiger partial charge in [-0.1, -0.05) is 0 Å². The van der Waals surface area contributed by atoms with E-state index in [1.807, 2.05) is 6.92 Å². The summed E-state index contributed by atoms with van der Waals surface area (Å²) in [5, 5.41) is 5.33. The molecule has 1 aromatic rings. The summed E-state index contributed by atoms with van der Waals surface area (Å²) in [6, 6.07) is 0.731. The maximum Gasteiger partial charge on any atom is 0.243 e. The number of aromatic nitrogens is 1. The molecule has 0 saturated carbocycles. The quantitative estimate of drug-likeness (QED) is 0.775. The van der Waals surface area contributed by atoms with Gasteiger partial charge in [-0.25, -0.2) is 4.39 Å². The van der Waals surface area contributed by atoms with Crippen molar-refractivity contribution in [2.75, 3.05) is 0 Å². The molecular formula is C12H14FN3O2. The van der Waals surface area contributed by atoms with Crippen molar-refractivity contribution in [2.24, 2.45) is 0 Å². The van der Waals surface area contributed by atoms with Gasteiger partial charge < -0.3 is 0 Å². The largest absolute Gasteiger partial charge is 0.299 e. The Labute approximate surface area is 104 Å². The highest BCUT2D eigenvalue weighted by molar-refractivity contribution is 6.00. The molecule has 2 rings (SSSR count). The van der Waals surface area contributed by atoms with Crippen molar-refractivity contribution in [3.63, 3.8) is 0 Å². The number of pyridine rings is 1. The van der Waals surface area contributed by atoms with Crippen LogP contribution in [0.15, 0.2) is 18.5 Å². The van der Waals surface area contributed by atoms with E-state index in [0.717, 1.165) is 6.20 Å². The van der Waals surface area contributed by atoms with E-state index in [-0.39, 0.29) is 17.9 Å². The van der Waals surface area contributed by atoms with Gasteiger partial charge in [0.2, 0.25) is 11.8 Å². The standard InChI is InChI=1S/C12H14FN3O2/c1-7(8-4-9(13)6-14-5-8)15-10-2-3-11(17)16-12(10)18/h4-7,10,15H,2-3H2,1H3,(H,16,17,18). The number of nitrogens with one attached hydrogen (secondary N) is 2. The molecule has 96 valence electrons. The van der Waals surface area contributed by atoms with Gasteiger partial charge in [-0.2, -0.15) is 0 Å². The zero-order valence-electron chi connectivity index (χ0n) is 9.94. The summed E-state index contributed by atoms with van der Waals surface area (Å²) in [7, 11) is 0. The van der Waals surface area contributed by atoms with Gasteiger partial charge >= 0.3 is 0 Å². The average molecular weight is 251 g/mol. The van der Waals surface area contributed by atoms with E-state index >= 15 is 0 Å². The molecule has 1 aliphatic heterocycles. The number of amides is 2. The molecule has 1 saturated heterocycles. The fraction of sp³-hybridized carbons (Fsp3) is 0.417. The normalized spacial score (nSPS) is 21.6. The molecule has 2 unspecified atom stereocenters. The maximum absolute atomic E-state index is 13.0. The second-order valence-corrected chi connectivity index (χ2v) is 4.33. The fourth-order valence-corrected chi connectivity index (χ4v) is 1.92. The highest BCUT2D eigenvalue weighted by Gasteiger charge is 2.27. The number of hydrogen-bond acceptors (Lipinski definition) is 4. The minimum absolute atomic E-state index is 0.211. The number of carbonyl (C=O) groups is 2. The molecule has 0 aromatic carbocycles. The Balaban J connectivity index is 2.01. The third kappa shape index (κ3) is 2.89. The molecule has 2 amide bonds. The lowest BCUT2D eigenvalue weighted by Crippen LogP contribution is -2.51. The molecule has 2 heterocycles. The van der Waals surface area contributed by atoms with Crippen LogP contribution in [0.2, 0.25) is 0 Å². The van der Waals surface area contributed by atoms with Crippen LogP contribution in [-0.2, 0) is 9.59 Å². The topological polar surface area (TPSA) is 71.1 Å². The Kier molecular flexibility index (Phi) is 3.66. The first kappa shape index (κ1) is 12.6. The summed E-state index contributed by atoms with van der Waals surface area (Å²) in [5.41, 5.74) is 0.666. The Morgan fingerprint density at radius 1 is 1.50 bits per heavy atom. The smallest absolute Gasteiger partial charge is 0.243 e. The molecule has 1 aromatic heterocycles. The van der Waals surface area contributed by atoms with Crippen molar-refractivity contribution in [2.45, 2.75) is 31.8 Å². The molecule has 2 atom stereocenters. The minimum Gasteiger partial charge on any atom is -0.299 e. The third-order valence-electron chi connectivity index (χ3n) is 2.92. The summed E-state index contributed by atoms with van der Waals surface area (Å²) in [4.78, 5) is 26.3. The number of rotatable bonds is 3. The molecule has 18 heavy (non-hydrogen) atoms. The molecule has 2 N–H and O–H groups in total. The Hall–Kier alpha value is -1.82. The van der Waals surface area contributed by atoms with Crippen molar-refractivity contribution in [3.8, 4) is 0 Å². The van der Waals surface area contributed by atoms with Crippen LogP contribution in [0.4, 0.5) is 4.39 Å². The van der Waals surface area contributed by atoms with E-state index in [0.29, 0.717) is 18.4 Å². The summed E-state index contributed by atoms with van der Waals surface area (Å²) < 4.78 is 13.0. The predicted molar refractivity (Wildman–Crippen MR) is 61.9 cm³/mol. The monoisotopic (exact) mass is 251 g/mol. The van der Waals surface area contributed by atoms with Crippen LogP contribution in [-0.4, -0.2) is 22.8 Å². The third-order valence-corrected chi connectivity index (χ3v) is 2.92. The maximum atomic E-state index is 13.0. The van der Waals surface area contributed by atoms with Crippen LogP contribution in [0.25, 0.3) is 0 Å². The lowest BCUT2D eigenvalue weighted by molar-refractivity contribution is -0.134. The van der Waals surface area contributed by atoms with E-state index in [2.05, 4.69) is 15.6 Å². The summed E-state index contributed by atoms with van der Waals surface area (Å²) in [6.07, 6.45) is 3.45. The summed E-state index contributed by atoms with van der Waals surface area (Å²) in [5.74, 6) is -0.995. The van der Waals surface area contributed by atoms with E-state index in [9.17, 15) is 14.0 Å². The van der Waals surface area contributed by atoms with Crippen LogP contribution < -0.4 is 10.6 Å². The molecule has 0 bridgehead atoms. The number of piperidine rings is 1. The van der Waals surface area contributed by atoms with Gasteiger partial charge in [0.05, 0.1) is 12.2 Å². The van der Waals surface area contributed by atoms with Crippen LogP contribution in [0.3, 0.4) is 0 Å². The number of nitrogens with zero attached hydrogens (tertiary/aromatic N) is 1. The highest BCUT2D eigenvalue weighted by atomic mass is 19.1. The van der Waals surface area contributed by atoms with Gasteiger partial charge in [0.25, 0.3) is 0 Å². The Bertz CT molecular complexity index is 478. The van der Waals surface area contributed by atoms with Crippen molar-refractivity contribution >= 4 is 11.8 Å². The Morgan fingerprint density at radius 3 is 2.94 bits per heavy atom. The summed E-state index contributed by atoms with van der Waals surface area (Å²) >= 11 is 0. The van der Waals surface area contributed by atoms with E-state index in [1.54, 1.807) is 6.20 Å². The lowest BCUT2D eigenvalue weighted by Gasteiger charge is -2.25. The van der Waals surface area contributed by atoms with Gasteiger partial charge in [-0.3, -0.25) is 25.2 Å².